The number of aryl methyl sites for hydroxylation is 1. The third-order valence-electron chi connectivity index (χ3n) is 2.88. The van der Waals surface area contributed by atoms with Gasteiger partial charge in [-0.25, -0.2) is 8.78 Å². The topological polar surface area (TPSA) is 44.5 Å². The Morgan fingerprint density at radius 1 is 1.15 bits per heavy atom. The molecule has 0 saturated carbocycles. The van der Waals surface area contributed by atoms with Crippen LogP contribution >= 0.6 is 0 Å². The molecule has 0 spiro atoms. The van der Waals surface area contributed by atoms with E-state index in [0.29, 0.717) is 22.6 Å². The number of rotatable bonds is 4. The minimum atomic E-state index is -0.503. The fraction of sp³-hybridized carbons (Fsp3) is 0.200. The van der Waals surface area contributed by atoms with Gasteiger partial charge in [0.25, 0.3) is 0 Å². The van der Waals surface area contributed by atoms with Crippen LogP contribution in [0.2, 0.25) is 0 Å². The van der Waals surface area contributed by atoms with E-state index in [2.05, 4.69) is 0 Å². The third kappa shape index (κ3) is 2.99. The summed E-state index contributed by atoms with van der Waals surface area (Å²) in [5, 5.41) is 0. The average Bonchev–Trinajstić information content (AvgIpc) is 2.39. The number of benzene rings is 2. The fourth-order valence-corrected chi connectivity index (χ4v) is 1.97. The highest BCUT2D eigenvalue weighted by Crippen LogP contribution is 2.27. The molecular formula is C15H15F2NO2. The first-order chi connectivity index (χ1) is 9.51. The molecule has 106 valence electrons. The maximum atomic E-state index is 13.4. The third-order valence-corrected chi connectivity index (χ3v) is 2.88. The second-order valence-electron chi connectivity index (χ2n) is 4.39. The van der Waals surface area contributed by atoms with Crippen LogP contribution in [-0.4, -0.2) is 7.11 Å². The maximum absolute atomic E-state index is 13.4. The molecule has 0 radical (unpaired) electrons. The van der Waals surface area contributed by atoms with Crippen LogP contribution in [0.3, 0.4) is 0 Å². The zero-order valence-corrected chi connectivity index (χ0v) is 11.2. The molecule has 0 saturated heterocycles. The summed E-state index contributed by atoms with van der Waals surface area (Å²) in [6.07, 6.45) is 0. The Hall–Kier alpha value is -2.30. The highest BCUT2D eigenvalue weighted by atomic mass is 19.1. The summed E-state index contributed by atoms with van der Waals surface area (Å²) in [5.74, 6) is 0.117. The zero-order chi connectivity index (χ0) is 14.7. The highest BCUT2D eigenvalue weighted by molar-refractivity contribution is 5.46. The van der Waals surface area contributed by atoms with Crippen molar-refractivity contribution >= 4 is 5.69 Å². The molecular weight excluding hydrogens is 264 g/mol. The molecule has 0 bridgehead atoms. The molecule has 0 heterocycles. The van der Waals surface area contributed by atoms with Gasteiger partial charge in [0, 0.05) is 11.6 Å². The van der Waals surface area contributed by atoms with Crippen LogP contribution in [-0.2, 0) is 6.61 Å². The van der Waals surface area contributed by atoms with Crippen LogP contribution in [0.1, 0.15) is 11.1 Å². The first kappa shape index (κ1) is 14.1. The lowest BCUT2D eigenvalue weighted by atomic mass is 10.1. The molecule has 2 aromatic rings. The number of hydrogen-bond acceptors (Lipinski definition) is 3. The van der Waals surface area contributed by atoms with Crippen LogP contribution in [0, 0.1) is 18.6 Å². The molecule has 0 amide bonds. The van der Waals surface area contributed by atoms with Gasteiger partial charge in [-0.3, -0.25) is 0 Å². The standard InChI is InChI=1S/C15H15F2NO2/c1-9-5-11(16)6-10(15(9)19-2)8-20-12-3-4-13(17)14(18)7-12/h3-7H,8,18H2,1-2H3. The Kier molecular flexibility index (Phi) is 4.08. The van der Waals surface area contributed by atoms with Gasteiger partial charge in [0.1, 0.15) is 29.7 Å². The summed E-state index contributed by atoms with van der Waals surface area (Å²) >= 11 is 0. The van der Waals surface area contributed by atoms with E-state index in [1.807, 2.05) is 0 Å². The van der Waals surface area contributed by atoms with E-state index >= 15 is 0 Å². The number of halogens is 2. The zero-order valence-electron chi connectivity index (χ0n) is 11.2. The number of anilines is 1. The molecule has 0 atom stereocenters. The van der Waals surface area contributed by atoms with Gasteiger partial charge in [-0.15, -0.1) is 0 Å². The van der Waals surface area contributed by atoms with Crippen molar-refractivity contribution in [3.05, 3.63) is 53.1 Å². The van der Waals surface area contributed by atoms with E-state index in [-0.39, 0.29) is 18.1 Å². The van der Waals surface area contributed by atoms with Crippen molar-refractivity contribution in [2.24, 2.45) is 0 Å². The Balaban J connectivity index is 2.20. The van der Waals surface area contributed by atoms with Gasteiger partial charge in [0.2, 0.25) is 0 Å². The second kappa shape index (κ2) is 5.77. The minimum absolute atomic E-state index is 0.00453. The van der Waals surface area contributed by atoms with Gasteiger partial charge in [0.05, 0.1) is 12.8 Å². The van der Waals surface area contributed by atoms with E-state index in [1.165, 1.54) is 37.4 Å². The molecule has 2 aromatic carbocycles. The van der Waals surface area contributed by atoms with Crippen molar-refractivity contribution < 1.29 is 18.3 Å². The molecule has 0 aliphatic heterocycles. The molecule has 2 N–H and O–H groups in total. The number of ether oxygens (including phenoxy) is 2. The van der Waals surface area contributed by atoms with Crippen molar-refractivity contribution in [3.8, 4) is 11.5 Å². The van der Waals surface area contributed by atoms with Crippen LogP contribution in [0.4, 0.5) is 14.5 Å². The Morgan fingerprint density at radius 3 is 2.55 bits per heavy atom. The van der Waals surface area contributed by atoms with Crippen molar-refractivity contribution in [2.45, 2.75) is 13.5 Å². The van der Waals surface area contributed by atoms with Crippen LogP contribution < -0.4 is 15.2 Å². The molecule has 5 heteroatoms. The minimum Gasteiger partial charge on any atom is -0.496 e. The number of nitrogen functional groups attached to an aromatic ring is 1. The molecule has 0 aliphatic carbocycles. The van der Waals surface area contributed by atoms with E-state index in [0.717, 1.165) is 0 Å². The molecule has 0 unspecified atom stereocenters. The summed E-state index contributed by atoms with van der Waals surface area (Å²) in [6, 6.07) is 6.80. The van der Waals surface area contributed by atoms with Crippen molar-refractivity contribution in [1.82, 2.24) is 0 Å². The van der Waals surface area contributed by atoms with Gasteiger partial charge in [-0.05, 0) is 36.8 Å². The van der Waals surface area contributed by atoms with Crippen molar-refractivity contribution in [1.29, 1.82) is 0 Å². The summed E-state index contributed by atoms with van der Waals surface area (Å²) in [6.45, 7) is 1.86. The summed E-state index contributed by atoms with van der Waals surface area (Å²) in [7, 11) is 1.51. The first-order valence-corrected chi connectivity index (χ1v) is 6.02. The predicted molar refractivity (Wildman–Crippen MR) is 72.8 cm³/mol. The molecule has 0 fully saturated rings. The van der Waals surface area contributed by atoms with Gasteiger partial charge < -0.3 is 15.2 Å². The second-order valence-corrected chi connectivity index (χ2v) is 4.39. The Morgan fingerprint density at radius 2 is 1.90 bits per heavy atom. The fourth-order valence-electron chi connectivity index (χ4n) is 1.97. The summed E-state index contributed by atoms with van der Waals surface area (Å²) in [4.78, 5) is 0. The van der Waals surface area contributed by atoms with E-state index in [4.69, 9.17) is 15.2 Å². The van der Waals surface area contributed by atoms with Crippen LogP contribution in [0.25, 0.3) is 0 Å². The normalized spacial score (nSPS) is 10.4. The monoisotopic (exact) mass is 279 g/mol. The quantitative estimate of drug-likeness (QED) is 0.872. The average molecular weight is 279 g/mol. The van der Waals surface area contributed by atoms with Crippen LogP contribution in [0.15, 0.2) is 30.3 Å². The van der Waals surface area contributed by atoms with Gasteiger partial charge in [-0.1, -0.05) is 0 Å². The van der Waals surface area contributed by atoms with Gasteiger partial charge in [0.15, 0.2) is 0 Å². The van der Waals surface area contributed by atoms with Crippen molar-refractivity contribution in [2.75, 3.05) is 12.8 Å². The van der Waals surface area contributed by atoms with E-state index in [9.17, 15) is 8.78 Å². The smallest absolute Gasteiger partial charge is 0.146 e. The lowest BCUT2D eigenvalue weighted by Crippen LogP contribution is -2.02. The number of hydrogen-bond donors (Lipinski definition) is 1. The van der Waals surface area contributed by atoms with E-state index < -0.39 is 5.82 Å². The lowest BCUT2D eigenvalue weighted by Gasteiger charge is -2.13. The molecule has 0 aromatic heterocycles. The van der Waals surface area contributed by atoms with Crippen LogP contribution in [0.5, 0.6) is 11.5 Å². The molecule has 3 nitrogen and oxygen atoms in total. The summed E-state index contributed by atoms with van der Waals surface area (Å²) in [5.41, 5.74) is 6.72. The molecule has 20 heavy (non-hydrogen) atoms. The Labute approximate surface area is 115 Å². The Bertz CT molecular complexity index is 630. The molecule has 2 rings (SSSR count). The largest absolute Gasteiger partial charge is 0.496 e. The maximum Gasteiger partial charge on any atom is 0.146 e. The highest BCUT2D eigenvalue weighted by Gasteiger charge is 2.10. The van der Waals surface area contributed by atoms with Crippen molar-refractivity contribution in [3.63, 3.8) is 0 Å². The SMILES string of the molecule is COc1c(C)cc(F)cc1COc1ccc(F)c(N)c1. The number of nitrogens with two attached hydrogens (primary N) is 1. The van der Waals surface area contributed by atoms with Gasteiger partial charge in [-0.2, -0.15) is 0 Å². The van der Waals surface area contributed by atoms with Gasteiger partial charge >= 0.3 is 0 Å². The lowest BCUT2D eigenvalue weighted by molar-refractivity contribution is 0.295. The predicted octanol–water partition coefficient (Wildman–Crippen LogP) is 3.44. The summed E-state index contributed by atoms with van der Waals surface area (Å²) < 4.78 is 37.2. The first-order valence-electron chi connectivity index (χ1n) is 6.02. The number of methoxy groups -OCH3 is 1. The van der Waals surface area contributed by atoms with E-state index in [1.54, 1.807) is 6.92 Å². The molecule has 0 aliphatic rings.